The van der Waals surface area contributed by atoms with Crippen molar-refractivity contribution >= 4 is 23.0 Å². The molecule has 0 aromatic heterocycles. The van der Waals surface area contributed by atoms with Crippen molar-refractivity contribution in [2.24, 2.45) is 0 Å². The summed E-state index contributed by atoms with van der Waals surface area (Å²) in [5, 5.41) is 4.20. The topological polar surface area (TPSA) is 37.0 Å². The lowest BCUT2D eigenvalue weighted by Crippen LogP contribution is -2.40. The molecule has 162 valence electrons. The molecule has 0 bridgehead atoms. The van der Waals surface area contributed by atoms with Crippen LogP contribution in [0.1, 0.15) is 24.5 Å². The van der Waals surface area contributed by atoms with Crippen LogP contribution in [0.5, 0.6) is 5.75 Å². The zero-order valence-corrected chi connectivity index (χ0v) is 18.9. The molecular weight excluding hydrogens is 394 g/mol. The van der Waals surface area contributed by atoms with Crippen molar-refractivity contribution in [3.8, 4) is 5.75 Å². The van der Waals surface area contributed by atoms with E-state index in [0.717, 1.165) is 74.5 Å². The number of rotatable bonds is 9. The largest absolute Gasteiger partial charge is 0.494 e. The average molecular weight is 428 g/mol. The van der Waals surface area contributed by atoms with Crippen LogP contribution in [0.25, 0.3) is 0 Å². The van der Waals surface area contributed by atoms with Gasteiger partial charge in [-0.15, -0.1) is 0 Å². The molecule has 0 saturated carbocycles. The Bertz CT molecular complexity index is 809. The van der Waals surface area contributed by atoms with E-state index < -0.39 is 0 Å². The van der Waals surface area contributed by atoms with E-state index in [4.69, 9.17) is 21.7 Å². The van der Waals surface area contributed by atoms with Crippen LogP contribution in [0.4, 0.5) is 5.69 Å². The van der Waals surface area contributed by atoms with Crippen LogP contribution in [-0.2, 0) is 11.3 Å². The van der Waals surface area contributed by atoms with Crippen LogP contribution in [-0.4, -0.2) is 60.9 Å². The van der Waals surface area contributed by atoms with Gasteiger partial charge in [0.25, 0.3) is 0 Å². The summed E-state index contributed by atoms with van der Waals surface area (Å²) in [5.41, 5.74) is 3.39. The maximum atomic E-state index is 5.84. The van der Waals surface area contributed by atoms with Gasteiger partial charge in [0.05, 0.1) is 19.8 Å². The van der Waals surface area contributed by atoms with E-state index in [1.54, 1.807) is 0 Å². The van der Waals surface area contributed by atoms with Crippen LogP contribution in [0.3, 0.4) is 0 Å². The molecule has 1 N–H and O–H groups in total. The standard InChI is InChI=1S/C24H33N3O2S/c1-3-29-23-12-7-5-10-21(23)19-27(14-8-13-26-15-17-28-18-16-26)24(30)25-22-11-6-4-9-20(22)2/h4-7,9-12H,3,8,13-19H2,1-2H3,(H,25,30). The molecule has 2 aromatic rings. The molecule has 1 heterocycles. The molecule has 0 radical (unpaired) electrons. The molecule has 3 rings (SSSR count). The highest BCUT2D eigenvalue weighted by Gasteiger charge is 2.16. The predicted octanol–water partition coefficient (Wildman–Crippen LogP) is 4.32. The minimum absolute atomic E-state index is 0.653. The van der Waals surface area contributed by atoms with Crippen molar-refractivity contribution in [3.63, 3.8) is 0 Å². The van der Waals surface area contributed by atoms with Gasteiger partial charge in [0.2, 0.25) is 0 Å². The molecule has 0 atom stereocenters. The fraction of sp³-hybridized carbons (Fsp3) is 0.458. The lowest BCUT2D eigenvalue weighted by molar-refractivity contribution is 0.0367. The van der Waals surface area contributed by atoms with E-state index in [9.17, 15) is 0 Å². The number of ether oxygens (including phenoxy) is 2. The number of aryl methyl sites for hydroxylation is 1. The Balaban J connectivity index is 1.68. The molecule has 1 saturated heterocycles. The van der Waals surface area contributed by atoms with Gasteiger partial charge in [0, 0.05) is 44.0 Å². The van der Waals surface area contributed by atoms with Crippen LogP contribution in [0.2, 0.25) is 0 Å². The highest BCUT2D eigenvalue weighted by Crippen LogP contribution is 2.21. The zero-order chi connectivity index (χ0) is 21.2. The molecule has 0 aliphatic carbocycles. The number of hydrogen-bond donors (Lipinski definition) is 1. The summed E-state index contributed by atoms with van der Waals surface area (Å²) in [6, 6.07) is 16.5. The molecule has 2 aromatic carbocycles. The van der Waals surface area contributed by atoms with E-state index in [-0.39, 0.29) is 0 Å². The molecule has 30 heavy (non-hydrogen) atoms. The fourth-order valence-electron chi connectivity index (χ4n) is 3.61. The molecular formula is C24H33N3O2S. The van der Waals surface area contributed by atoms with Gasteiger partial charge in [-0.2, -0.15) is 0 Å². The molecule has 0 unspecified atom stereocenters. The monoisotopic (exact) mass is 427 g/mol. The molecule has 1 aliphatic rings. The van der Waals surface area contributed by atoms with Gasteiger partial charge >= 0.3 is 0 Å². The van der Waals surface area contributed by atoms with Crippen molar-refractivity contribution in [2.75, 3.05) is 51.3 Å². The summed E-state index contributed by atoms with van der Waals surface area (Å²) in [6.07, 6.45) is 1.05. The first-order chi connectivity index (χ1) is 14.7. The van der Waals surface area contributed by atoms with Crippen molar-refractivity contribution in [1.82, 2.24) is 9.80 Å². The van der Waals surface area contributed by atoms with Gasteiger partial charge < -0.3 is 19.7 Å². The average Bonchev–Trinajstić information content (AvgIpc) is 2.77. The van der Waals surface area contributed by atoms with Crippen LogP contribution in [0.15, 0.2) is 48.5 Å². The fourth-order valence-corrected chi connectivity index (χ4v) is 3.87. The molecule has 6 heteroatoms. The van der Waals surface area contributed by atoms with Gasteiger partial charge in [-0.1, -0.05) is 36.4 Å². The Kier molecular flexibility index (Phi) is 8.93. The Morgan fingerprint density at radius 2 is 1.87 bits per heavy atom. The number of anilines is 1. The number of morpholine rings is 1. The Morgan fingerprint density at radius 1 is 1.13 bits per heavy atom. The van der Waals surface area contributed by atoms with E-state index in [2.05, 4.69) is 46.3 Å². The lowest BCUT2D eigenvalue weighted by Gasteiger charge is -2.30. The number of nitrogens with zero attached hydrogens (tertiary/aromatic N) is 2. The Hall–Kier alpha value is -2.15. The van der Waals surface area contributed by atoms with E-state index in [1.807, 2.05) is 31.2 Å². The highest BCUT2D eigenvalue weighted by atomic mass is 32.1. The minimum Gasteiger partial charge on any atom is -0.494 e. The number of para-hydroxylation sites is 2. The Labute approximate surface area is 186 Å². The highest BCUT2D eigenvalue weighted by molar-refractivity contribution is 7.80. The molecule has 1 fully saturated rings. The first kappa shape index (κ1) is 22.5. The van der Waals surface area contributed by atoms with Gasteiger partial charge in [0.1, 0.15) is 5.75 Å². The summed E-state index contributed by atoms with van der Waals surface area (Å²) < 4.78 is 11.3. The van der Waals surface area contributed by atoms with Gasteiger partial charge in [-0.25, -0.2) is 0 Å². The summed E-state index contributed by atoms with van der Waals surface area (Å²) in [7, 11) is 0. The third-order valence-corrected chi connectivity index (χ3v) is 5.67. The van der Waals surface area contributed by atoms with E-state index in [1.165, 1.54) is 5.56 Å². The van der Waals surface area contributed by atoms with E-state index >= 15 is 0 Å². The third kappa shape index (κ3) is 6.69. The maximum absolute atomic E-state index is 5.84. The smallest absolute Gasteiger partial charge is 0.173 e. The summed E-state index contributed by atoms with van der Waals surface area (Å²) in [4.78, 5) is 4.72. The number of benzene rings is 2. The number of hydrogen-bond acceptors (Lipinski definition) is 4. The molecule has 0 spiro atoms. The van der Waals surface area contributed by atoms with Gasteiger partial charge in [-0.3, -0.25) is 4.90 Å². The first-order valence-corrected chi connectivity index (χ1v) is 11.2. The number of nitrogens with one attached hydrogen (secondary N) is 1. The van der Waals surface area contributed by atoms with Crippen molar-refractivity contribution in [3.05, 3.63) is 59.7 Å². The van der Waals surface area contributed by atoms with Crippen LogP contribution >= 0.6 is 12.2 Å². The number of thiocarbonyl (C=S) groups is 1. The SMILES string of the molecule is CCOc1ccccc1CN(CCCN1CCOCC1)C(=S)Nc1ccccc1C. The molecule has 0 amide bonds. The summed E-state index contributed by atoms with van der Waals surface area (Å²) in [6.45, 7) is 11.1. The van der Waals surface area contributed by atoms with Gasteiger partial charge in [-0.05, 0) is 50.2 Å². The van der Waals surface area contributed by atoms with Crippen LogP contribution in [0, 0.1) is 6.92 Å². The van der Waals surface area contributed by atoms with E-state index in [0.29, 0.717) is 6.61 Å². The Morgan fingerprint density at radius 3 is 2.63 bits per heavy atom. The van der Waals surface area contributed by atoms with Crippen molar-refractivity contribution in [2.45, 2.75) is 26.8 Å². The summed E-state index contributed by atoms with van der Waals surface area (Å²) in [5.74, 6) is 0.928. The second-order valence-electron chi connectivity index (χ2n) is 7.51. The minimum atomic E-state index is 0.653. The first-order valence-electron chi connectivity index (χ1n) is 10.8. The quantitative estimate of drug-likeness (QED) is 0.601. The van der Waals surface area contributed by atoms with Crippen LogP contribution < -0.4 is 10.1 Å². The lowest BCUT2D eigenvalue weighted by atomic mass is 10.2. The molecule has 1 aliphatic heterocycles. The van der Waals surface area contributed by atoms with Crippen molar-refractivity contribution in [1.29, 1.82) is 0 Å². The summed E-state index contributed by atoms with van der Waals surface area (Å²) >= 11 is 5.83. The molecule has 5 nitrogen and oxygen atoms in total. The maximum Gasteiger partial charge on any atom is 0.173 e. The zero-order valence-electron chi connectivity index (χ0n) is 18.1. The normalized spacial score (nSPS) is 14.3. The second kappa shape index (κ2) is 11.9. The van der Waals surface area contributed by atoms with Crippen molar-refractivity contribution < 1.29 is 9.47 Å². The second-order valence-corrected chi connectivity index (χ2v) is 7.90. The third-order valence-electron chi connectivity index (χ3n) is 5.31. The van der Waals surface area contributed by atoms with Gasteiger partial charge in [0.15, 0.2) is 5.11 Å². The predicted molar refractivity (Wildman–Crippen MR) is 127 cm³/mol.